The number of urea groups is 3. The van der Waals surface area contributed by atoms with Gasteiger partial charge in [-0.3, -0.25) is 30.3 Å². The zero-order chi connectivity index (χ0) is 78.2. The number of non-ortho nitro benzene ring substituents is 3. The van der Waals surface area contributed by atoms with Gasteiger partial charge in [-0.25, -0.2) is 58.6 Å². The molecule has 7 N–H and O–H groups in total. The van der Waals surface area contributed by atoms with Gasteiger partial charge in [0.2, 0.25) is 0 Å². The highest BCUT2D eigenvalue weighted by atomic mass is 32.2. The van der Waals surface area contributed by atoms with Gasteiger partial charge < -0.3 is 40.0 Å². The van der Waals surface area contributed by atoms with Crippen molar-refractivity contribution in [2.75, 3.05) is 20.2 Å². The second kappa shape index (κ2) is 37.3. The molecule has 0 unspecified atom stereocenters. The SMILES string of the molecule is CC(C)(C)NC(=O)NS(=O)(=O)c1cc([N+](=O)[O-])ccc1Oc1cccc(-c2ccc(C(=O)O)cc2)c1.CCCCCNC(=O)NS(=O)(=O)c1cc([N+](=O)[O-])ccc1Oc1ccccc1-c1ccc(C)cc1.CCCCCNC(=O)NS(=O)(=O)c1cc([N+](=O)[O-])ccc1Oc1ccccc1-c1ccc(OC)cc1. The number of nitro benzene ring substituents is 3. The first kappa shape index (κ1) is 81.8. The Kier molecular flexibility index (Phi) is 28.5. The maximum atomic E-state index is 13.1. The van der Waals surface area contributed by atoms with Gasteiger partial charge in [-0.05, 0) is 130 Å². The van der Waals surface area contributed by atoms with Crippen LogP contribution in [0.3, 0.4) is 0 Å². The van der Waals surface area contributed by atoms with Crippen LogP contribution in [-0.4, -0.2) is 94.9 Å². The van der Waals surface area contributed by atoms with Crippen LogP contribution in [0.1, 0.15) is 89.1 Å². The molecule has 6 amide bonds. The van der Waals surface area contributed by atoms with Crippen molar-refractivity contribution in [2.45, 2.75) is 100 Å². The number of aryl methyl sites for hydroxylation is 1. The molecule has 30 nitrogen and oxygen atoms in total. The summed E-state index contributed by atoms with van der Waals surface area (Å²) in [5.41, 5.74) is 3.37. The molecular weight excluding hydrogens is 1450 g/mol. The van der Waals surface area contributed by atoms with Gasteiger partial charge >= 0.3 is 24.1 Å². The van der Waals surface area contributed by atoms with E-state index in [1.54, 1.807) is 113 Å². The third kappa shape index (κ3) is 24.0. The number of carboxylic acid groups (broad SMARTS) is 1. The third-order valence-electron chi connectivity index (χ3n) is 15.1. The zero-order valence-corrected chi connectivity index (χ0v) is 61.3. The minimum Gasteiger partial charge on any atom is -0.497 e. The molecule has 9 rings (SSSR count). The molecule has 0 fully saturated rings. The fourth-order valence-corrected chi connectivity index (χ4v) is 13.0. The number of amides is 6. The Balaban J connectivity index is 0.000000224. The Labute approximate surface area is 617 Å². The Morgan fingerprint density at radius 1 is 0.430 bits per heavy atom. The van der Waals surface area contributed by atoms with E-state index in [2.05, 4.69) is 16.0 Å². The number of hydrogen-bond acceptors (Lipinski definition) is 20. The molecule has 0 saturated heterocycles. The van der Waals surface area contributed by atoms with Crippen molar-refractivity contribution in [3.8, 4) is 73.6 Å². The van der Waals surface area contributed by atoms with Crippen LogP contribution < -0.4 is 49.1 Å². The molecule has 0 aliphatic heterocycles. The summed E-state index contributed by atoms with van der Waals surface area (Å²) in [6, 6.07) is 48.1. The number of unbranched alkanes of at least 4 members (excludes halogenated alkanes) is 4. The van der Waals surface area contributed by atoms with E-state index in [0.29, 0.717) is 65.4 Å². The Morgan fingerprint density at radius 2 is 0.822 bits per heavy atom. The zero-order valence-electron chi connectivity index (χ0n) is 58.9. The van der Waals surface area contributed by atoms with E-state index >= 15 is 0 Å². The molecule has 0 aliphatic rings. The lowest BCUT2D eigenvalue weighted by molar-refractivity contribution is -0.385. The summed E-state index contributed by atoms with van der Waals surface area (Å²) in [4.78, 5) is 77.7. The lowest BCUT2D eigenvalue weighted by Crippen LogP contribution is -2.48. The monoisotopic (exact) mass is 1520 g/mol. The maximum Gasteiger partial charge on any atom is 0.335 e. The summed E-state index contributed by atoms with van der Waals surface area (Å²) in [6.45, 7) is 11.5. The predicted octanol–water partition coefficient (Wildman–Crippen LogP) is 15.3. The van der Waals surface area contributed by atoms with Crippen LogP contribution in [0.4, 0.5) is 31.4 Å². The number of aromatic carboxylic acids is 1. The van der Waals surface area contributed by atoms with E-state index in [4.69, 9.17) is 24.1 Å². The number of para-hydroxylation sites is 2. The van der Waals surface area contributed by atoms with Crippen molar-refractivity contribution in [1.82, 2.24) is 30.1 Å². The van der Waals surface area contributed by atoms with E-state index in [-0.39, 0.29) is 28.6 Å². The molecule has 9 aromatic carbocycles. The largest absolute Gasteiger partial charge is 0.497 e. The highest BCUT2D eigenvalue weighted by Crippen LogP contribution is 2.40. The number of nitro groups is 3. The van der Waals surface area contributed by atoms with Crippen molar-refractivity contribution in [2.24, 2.45) is 0 Å². The Bertz CT molecular complexity index is 5060. The number of benzene rings is 9. The molecule has 0 aliphatic carbocycles. The number of ether oxygens (including phenoxy) is 4. The summed E-state index contributed by atoms with van der Waals surface area (Å²) in [7, 11) is -12.0. The Hall–Kier alpha value is -12.5. The van der Waals surface area contributed by atoms with Crippen molar-refractivity contribution in [1.29, 1.82) is 0 Å². The number of sulfonamides is 3. The highest BCUT2D eigenvalue weighted by molar-refractivity contribution is 7.90. The van der Waals surface area contributed by atoms with Gasteiger partial charge in [0.25, 0.3) is 47.1 Å². The molecule has 0 saturated carbocycles. The van der Waals surface area contributed by atoms with Crippen molar-refractivity contribution in [3.05, 3.63) is 242 Å². The van der Waals surface area contributed by atoms with Crippen LogP contribution in [0.5, 0.6) is 40.2 Å². The number of carboxylic acids is 1. The fourth-order valence-electron chi connectivity index (χ4n) is 9.84. The van der Waals surface area contributed by atoms with E-state index < -0.39 is 106 Å². The van der Waals surface area contributed by atoms with Gasteiger partial charge in [-0.2, -0.15) is 0 Å². The van der Waals surface area contributed by atoms with Gasteiger partial charge in [0.1, 0.15) is 54.9 Å². The minimum atomic E-state index is -4.56. The molecule has 0 spiro atoms. The molecule has 33 heteroatoms. The van der Waals surface area contributed by atoms with Crippen LogP contribution in [0.2, 0.25) is 0 Å². The van der Waals surface area contributed by atoms with Crippen LogP contribution in [0.25, 0.3) is 33.4 Å². The number of rotatable bonds is 28. The van der Waals surface area contributed by atoms with E-state index in [9.17, 15) is 74.8 Å². The molecule has 562 valence electrons. The number of carbonyl (C=O) groups is 4. The first-order valence-corrected chi connectivity index (χ1v) is 37.3. The van der Waals surface area contributed by atoms with E-state index in [1.807, 2.05) is 83.5 Å². The van der Waals surface area contributed by atoms with E-state index in [1.165, 1.54) is 24.3 Å². The first-order chi connectivity index (χ1) is 50.7. The van der Waals surface area contributed by atoms with Crippen molar-refractivity contribution < 1.29 is 83.3 Å². The smallest absolute Gasteiger partial charge is 0.335 e. The maximum absolute atomic E-state index is 13.1. The summed E-state index contributed by atoms with van der Waals surface area (Å²) in [6.07, 6.45) is 5.04. The molecule has 9 aromatic rings. The summed E-state index contributed by atoms with van der Waals surface area (Å²) >= 11 is 0. The molecular formula is C74H77N9O21S3. The second-order valence-electron chi connectivity index (χ2n) is 24.4. The molecule has 0 aromatic heterocycles. The van der Waals surface area contributed by atoms with E-state index in [0.717, 1.165) is 84.8 Å². The lowest BCUT2D eigenvalue weighted by Gasteiger charge is -2.21. The number of nitrogens with one attached hydrogen (secondary N) is 6. The van der Waals surface area contributed by atoms with Gasteiger partial charge in [0.15, 0.2) is 0 Å². The van der Waals surface area contributed by atoms with Crippen LogP contribution in [0.15, 0.2) is 215 Å². The average molecular weight is 1520 g/mol. The van der Waals surface area contributed by atoms with Crippen LogP contribution in [0, 0.1) is 37.3 Å². The van der Waals surface area contributed by atoms with Crippen molar-refractivity contribution in [3.63, 3.8) is 0 Å². The fraction of sp³-hybridized carbons (Fsp3) is 0.216. The first-order valence-electron chi connectivity index (χ1n) is 32.9. The minimum absolute atomic E-state index is 0.120. The summed E-state index contributed by atoms with van der Waals surface area (Å²) in [5, 5.41) is 50.4. The number of methoxy groups -OCH3 is 1. The lowest BCUT2D eigenvalue weighted by atomic mass is 10.0. The summed E-state index contributed by atoms with van der Waals surface area (Å²) < 4.78 is 107. The topological polar surface area (TPSA) is 429 Å². The molecule has 0 radical (unpaired) electrons. The third-order valence-corrected chi connectivity index (χ3v) is 19.1. The predicted molar refractivity (Wildman–Crippen MR) is 398 cm³/mol. The van der Waals surface area contributed by atoms with Gasteiger partial charge in [-0.15, -0.1) is 0 Å². The van der Waals surface area contributed by atoms with Crippen LogP contribution >= 0.6 is 0 Å². The summed E-state index contributed by atoms with van der Waals surface area (Å²) in [5.74, 6) is -0.0819. The molecule has 0 bridgehead atoms. The second-order valence-corrected chi connectivity index (χ2v) is 29.4. The Morgan fingerprint density at radius 3 is 1.21 bits per heavy atom. The highest BCUT2D eigenvalue weighted by Gasteiger charge is 2.31. The van der Waals surface area contributed by atoms with Gasteiger partial charge in [-0.1, -0.05) is 142 Å². The normalized spacial score (nSPS) is 11.1. The number of hydrogen-bond donors (Lipinski definition) is 7. The molecule has 107 heavy (non-hydrogen) atoms. The van der Waals surface area contributed by atoms with Gasteiger partial charge in [0, 0.05) is 66.2 Å². The van der Waals surface area contributed by atoms with Crippen molar-refractivity contribution >= 4 is 71.2 Å². The number of nitrogens with zero attached hydrogens (tertiary/aromatic N) is 3. The van der Waals surface area contributed by atoms with Gasteiger partial charge in [0.05, 0.1) is 27.4 Å². The standard InChI is InChI=1S/C25H27N3O7S.C25H27N3O6S.C24H23N3O8S/c1-3-4-7-16-26-25(29)27-36(32,33)24-17-19(28(30)31)12-15-23(24)35-22-9-6-5-8-21(22)18-10-13-20(34-2)14-11-18;1-3-4-7-16-26-25(29)27-35(32,33)24-17-20(28(30)31)14-15-23(24)34-22-9-6-5-8-21(22)19-12-10-18(2)11-13-19;1-24(2,3)25-23(30)26-36(33,34)21-14-18(27(31)32)11-12-20(21)35-19-6-4-5-17(13-19)15-7-9-16(10-8-15)22(28)29/h5-6,8-15,17H,3-4,7,16H2,1-2H3,(H2,26,27,29);5-6,8-15,17H,3-4,7,16H2,1-2H3,(H2,26,27,29);4-14H,1-3H3,(H,28,29)(H2,25,26,30). The molecule has 0 atom stereocenters. The molecule has 0 heterocycles. The number of carbonyl (C=O) groups excluding carboxylic acids is 3. The average Bonchev–Trinajstić information content (AvgIpc) is 0.799. The van der Waals surface area contributed by atoms with Crippen LogP contribution in [-0.2, 0) is 30.1 Å². The quantitative estimate of drug-likeness (QED) is 0.0136.